The number of aliphatic hydroxyl groups excluding tert-OH is 11. The summed E-state index contributed by atoms with van der Waals surface area (Å²) >= 11 is 0. The van der Waals surface area contributed by atoms with Gasteiger partial charge < -0.3 is 89.9 Å². The summed E-state index contributed by atoms with van der Waals surface area (Å²) in [7, 11) is 0. The Morgan fingerprint density at radius 3 is 1.33 bits per heavy atom. The van der Waals surface area contributed by atoms with Crippen LogP contribution in [0.5, 0.6) is 0 Å². The molecule has 0 saturated carbocycles. The monoisotopic (exact) mass is 1010 g/mol. The zero-order valence-corrected chi connectivity index (χ0v) is 42.3. The molecule has 19 nitrogen and oxygen atoms in total. The van der Waals surface area contributed by atoms with Crippen LogP contribution in [0.4, 0.5) is 0 Å². The minimum absolute atomic E-state index is 0.246. The molecule has 0 bridgehead atoms. The van der Waals surface area contributed by atoms with E-state index in [1.165, 1.54) is 109 Å². The number of hydrogen-bond acceptors (Lipinski definition) is 18. The minimum atomic E-state index is -1.97. The summed E-state index contributed by atoms with van der Waals surface area (Å²) in [4.78, 5) is 13.1. The van der Waals surface area contributed by atoms with Crippen molar-refractivity contribution in [2.24, 2.45) is 0 Å². The highest BCUT2D eigenvalue weighted by Gasteiger charge is 2.53. The zero-order valence-electron chi connectivity index (χ0n) is 42.3. The normalized spacial score (nSPS) is 32.6. The molecule has 0 aromatic carbocycles. The maximum Gasteiger partial charge on any atom is 0.220 e. The Labute approximate surface area is 416 Å². The molecule has 1 amide bonds. The fourth-order valence-electron chi connectivity index (χ4n) is 9.29. The van der Waals surface area contributed by atoms with Crippen molar-refractivity contribution in [3.63, 3.8) is 0 Å². The van der Waals surface area contributed by atoms with Gasteiger partial charge in [-0.05, 0) is 12.8 Å². The second-order valence-corrected chi connectivity index (χ2v) is 19.7. The molecule has 0 spiro atoms. The largest absolute Gasteiger partial charge is 0.394 e. The summed E-state index contributed by atoms with van der Waals surface area (Å²) in [5.74, 6) is -0.283. The Morgan fingerprint density at radius 2 is 0.886 bits per heavy atom. The first-order chi connectivity index (χ1) is 33.8. The predicted octanol–water partition coefficient (Wildman–Crippen LogP) is 2.65. The van der Waals surface area contributed by atoms with E-state index in [1.54, 1.807) is 6.08 Å². The summed E-state index contributed by atoms with van der Waals surface area (Å²) in [5.41, 5.74) is 0. The standard InChI is InChI=1S/C51H95NO18/c1-3-5-7-9-10-11-12-13-14-15-16-17-18-19-20-21-22-23-24-25-27-29-39(57)52-34(35(56)28-26-8-6-4-2)33-65-49-45(63)42(60)47(37(31-54)67-49)70-51-46(64)43(61)48(38(32-55)68-51)69-50-44(62)41(59)40(58)36(30-53)66-50/h26,28,34-38,40-51,53-56,58-64H,3-25,27,29-33H2,1-2H3,(H,52,57)/b28-26+. The van der Waals surface area contributed by atoms with Gasteiger partial charge in [0, 0.05) is 6.42 Å². The SMILES string of the molecule is CCCC/C=C/C(O)C(COC1OC(CO)C(OC2OC(CO)C(OC3OC(CO)C(O)C(O)C3O)C(O)C2O)C(O)C1O)NC(=O)CCCCCCCCCCCCCCCCCCCCCCC. The van der Waals surface area contributed by atoms with Crippen LogP contribution < -0.4 is 5.32 Å². The van der Waals surface area contributed by atoms with Gasteiger partial charge in [-0.25, -0.2) is 0 Å². The van der Waals surface area contributed by atoms with Gasteiger partial charge in [0.2, 0.25) is 5.91 Å². The first kappa shape index (κ1) is 62.8. The molecule has 12 N–H and O–H groups in total. The smallest absolute Gasteiger partial charge is 0.220 e. The molecule has 0 aliphatic carbocycles. The molecule has 19 heteroatoms. The number of ether oxygens (including phenoxy) is 6. The lowest BCUT2D eigenvalue weighted by molar-refractivity contribution is -0.379. The lowest BCUT2D eigenvalue weighted by atomic mass is 9.96. The number of carbonyl (C=O) groups is 1. The molecule has 0 aromatic rings. The highest BCUT2D eigenvalue weighted by atomic mass is 16.8. The maximum absolute atomic E-state index is 13.1. The van der Waals surface area contributed by atoms with E-state index >= 15 is 0 Å². The molecule has 3 aliphatic heterocycles. The van der Waals surface area contributed by atoms with Crippen LogP contribution in [0.25, 0.3) is 0 Å². The van der Waals surface area contributed by atoms with E-state index in [4.69, 9.17) is 28.4 Å². The van der Waals surface area contributed by atoms with Crippen molar-refractivity contribution in [2.45, 2.75) is 279 Å². The van der Waals surface area contributed by atoms with E-state index < -0.39 is 124 Å². The summed E-state index contributed by atoms with van der Waals surface area (Å²) < 4.78 is 33.9. The predicted molar refractivity (Wildman–Crippen MR) is 259 cm³/mol. The van der Waals surface area contributed by atoms with Gasteiger partial charge in [-0.2, -0.15) is 0 Å². The van der Waals surface area contributed by atoms with Crippen LogP contribution in [0, 0.1) is 0 Å². The third-order valence-corrected chi connectivity index (χ3v) is 13.8. The lowest BCUT2D eigenvalue weighted by Gasteiger charge is -2.48. The number of unbranched alkanes of at least 4 members (excludes halogenated alkanes) is 22. The molecule has 70 heavy (non-hydrogen) atoms. The molecular weight excluding hydrogens is 915 g/mol. The number of carbonyl (C=O) groups excluding carboxylic acids is 1. The summed E-state index contributed by atoms with van der Waals surface area (Å²) in [6, 6.07) is -0.962. The van der Waals surface area contributed by atoms with Crippen LogP contribution >= 0.6 is 0 Å². The summed E-state index contributed by atoms with van der Waals surface area (Å²) in [5, 5.41) is 119. The van der Waals surface area contributed by atoms with E-state index in [0.717, 1.165) is 32.1 Å². The number of hydrogen-bond donors (Lipinski definition) is 12. The van der Waals surface area contributed by atoms with Crippen molar-refractivity contribution >= 4 is 5.91 Å². The van der Waals surface area contributed by atoms with Crippen LogP contribution in [0.3, 0.4) is 0 Å². The second kappa shape index (κ2) is 36.5. The number of rotatable bonds is 38. The summed E-state index contributed by atoms with van der Waals surface area (Å²) in [6.07, 6.45) is 5.98. The fraction of sp³-hybridized carbons (Fsp3) is 0.941. The molecule has 3 rings (SSSR count). The Morgan fingerprint density at radius 1 is 0.500 bits per heavy atom. The van der Waals surface area contributed by atoms with Crippen molar-refractivity contribution in [1.29, 1.82) is 0 Å². The van der Waals surface area contributed by atoms with E-state index in [0.29, 0.717) is 12.8 Å². The van der Waals surface area contributed by atoms with Gasteiger partial charge >= 0.3 is 0 Å². The van der Waals surface area contributed by atoms with E-state index in [-0.39, 0.29) is 18.9 Å². The maximum atomic E-state index is 13.1. The molecule has 3 fully saturated rings. The van der Waals surface area contributed by atoms with Gasteiger partial charge in [0.05, 0.1) is 38.6 Å². The molecule has 3 heterocycles. The summed E-state index contributed by atoms with van der Waals surface area (Å²) in [6.45, 7) is 1.54. The van der Waals surface area contributed by atoms with Gasteiger partial charge in [-0.3, -0.25) is 4.79 Å². The van der Waals surface area contributed by atoms with Gasteiger partial charge in [0.25, 0.3) is 0 Å². The number of allylic oxidation sites excluding steroid dienone is 1. The Balaban J connectivity index is 1.41. The van der Waals surface area contributed by atoms with Crippen LogP contribution in [-0.4, -0.2) is 193 Å². The molecule has 0 aromatic heterocycles. The first-order valence-electron chi connectivity index (χ1n) is 26.9. The Kier molecular flexibility index (Phi) is 32.7. The topological polar surface area (TPSA) is 307 Å². The van der Waals surface area contributed by atoms with Crippen LogP contribution in [0.15, 0.2) is 12.2 Å². The average Bonchev–Trinajstić information content (AvgIpc) is 3.35. The Bertz CT molecular complexity index is 1350. The van der Waals surface area contributed by atoms with Crippen LogP contribution in [0.1, 0.15) is 174 Å². The van der Waals surface area contributed by atoms with E-state index in [1.807, 2.05) is 13.0 Å². The third-order valence-electron chi connectivity index (χ3n) is 13.8. The van der Waals surface area contributed by atoms with Crippen molar-refractivity contribution in [1.82, 2.24) is 5.32 Å². The second-order valence-electron chi connectivity index (χ2n) is 19.7. The molecule has 3 saturated heterocycles. The molecule has 0 radical (unpaired) electrons. The third kappa shape index (κ3) is 21.8. The fourth-order valence-corrected chi connectivity index (χ4v) is 9.29. The lowest BCUT2D eigenvalue weighted by Crippen LogP contribution is -2.66. The number of aliphatic hydroxyl groups is 11. The molecular formula is C51H95NO18. The number of amides is 1. The highest BCUT2D eigenvalue weighted by molar-refractivity contribution is 5.76. The van der Waals surface area contributed by atoms with Crippen molar-refractivity contribution in [3.8, 4) is 0 Å². The molecule has 17 unspecified atom stereocenters. The van der Waals surface area contributed by atoms with Crippen molar-refractivity contribution in [3.05, 3.63) is 12.2 Å². The van der Waals surface area contributed by atoms with Gasteiger partial charge in [0.1, 0.15) is 73.2 Å². The van der Waals surface area contributed by atoms with Crippen molar-refractivity contribution < 1.29 is 89.4 Å². The van der Waals surface area contributed by atoms with Crippen molar-refractivity contribution in [2.75, 3.05) is 26.4 Å². The zero-order chi connectivity index (χ0) is 51.3. The van der Waals surface area contributed by atoms with E-state index in [9.17, 15) is 61.0 Å². The molecule has 3 aliphatic rings. The van der Waals surface area contributed by atoms with Crippen LogP contribution in [-0.2, 0) is 33.2 Å². The first-order valence-corrected chi connectivity index (χ1v) is 26.9. The highest BCUT2D eigenvalue weighted by Crippen LogP contribution is 2.33. The van der Waals surface area contributed by atoms with Gasteiger partial charge in [0.15, 0.2) is 18.9 Å². The quantitative estimate of drug-likeness (QED) is 0.0313. The van der Waals surface area contributed by atoms with E-state index in [2.05, 4.69) is 12.2 Å². The van der Waals surface area contributed by atoms with Crippen LogP contribution in [0.2, 0.25) is 0 Å². The molecule has 412 valence electrons. The number of nitrogens with one attached hydrogen (secondary N) is 1. The average molecular weight is 1010 g/mol. The van der Waals surface area contributed by atoms with Gasteiger partial charge in [-0.15, -0.1) is 0 Å². The minimum Gasteiger partial charge on any atom is -0.394 e. The Hall–Kier alpha value is -1.47. The van der Waals surface area contributed by atoms with Gasteiger partial charge in [-0.1, -0.05) is 167 Å². The molecule has 17 atom stereocenters.